The van der Waals surface area contributed by atoms with E-state index in [-0.39, 0.29) is 23.8 Å². The highest BCUT2D eigenvalue weighted by Crippen LogP contribution is 2.40. The molecular weight excluding hydrogens is 385 g/mol. The first-order valence-electron chi connectivity index (χ1n) is 10.5. The highest BCUT2D eigenvalue weighted by Gasteiger charge is 2.52. The maximum absolute atomic E-state index is 13.5. The normalized spacial score (nSPS) is 22.9. The Labute approximate surface area is 176 Å². The zero-order chi connectivity index (χ0) is 20.9. The Morgan fingerprint density at radius 3 is 2.60 bits per heavy atom. The van der Waals surface area contributed by atoms with Gasteiger partial charge < -0.3 is 14.4 Å². The number of hydrogen-bond acceptors (Lipinski definition) is 5. The number of methoxy groups -OCH3 is 1. The van der Waals surface area contributed by atoms with Gasteiger partial charge in [-0.2, -0.15) is 0 Å². The second kappa shape index (κ2) is 9.64. The molecule has 4 rings (SSSR count). The SMILES string of the molecule is COCCOC1C(=O)N(C2CCN(Cc3cccc(F)c3)CC2)C1c1ccncc1. The van der Waals surface area contributed by atoms with Crippen molar-refractivity contribution in [3.63, 3.8) is 0 Å². The Morgan fingerprint density at radius 1 is 1.13 bits per heavy atom. The number of rotatable bonds is 8. The van der Waals surface area contributed by atoms with Crippen molar-refractivity contribution in [2.45, 2.75) is 37.6 Å². The molecular formula is C23H28FN3O3. The van der Waals surface area contributed by atoms with E-state index in [4.69, 9.17) is 9.47 Å². The van der Waals surface area contributed by atoms with Crippen molar-refractivity contribution in [3.8, 4) is 0 Å². The molecule has 2 fully saturated rings. The number of carbonyl (C=O) groups excluding carboxylic acids is 1. The molecule has 30 heavy (non-hydrogen) atoms. The van der Waals surface area contributed by atoms with Crippen LogP contribution in [0.1, 0.15) is 30.0 Å². The summed E-state index contributed by atoms with van der Waals surface area (Å²) in [6, 6.07) is 10.8. The fourth-order valence-corrected chi connectivity index (χ4v) is 4.46. The molecule has 3 heterocycles. The standard InChI is InChI=1S/C23H28FN3O3/c1-29-13-14-30-22-21(18-5-9-25-10-6-18)27(23(22)28)20-7-11-26(12-8-20)16-17-3-2-4-19(24)15-17/h2-6,9-10,15,20-22H,7-8,11-14,16H2,1H3. The highest BCUT2D eigenvalue weighted by atomic mass is 19.1. The number of aromatic nitrogens is 1. The molecule has 0 N–H and O–H groups in total. The highest BCUT2D eigenvalue weighted by molar-refractivity contribution is 5.89. The van der Waals surface area contributed by atoms with Crippen LogP contribution in [-0.2, 0) is 20.8 Å². The van der Waals surface area contributed by atoms with Crippen molar-refractivity contribution >= 4 is 5.91 Å². The summed E-state index contributed by atoms with van der Waals surface area (Å²) in [5, 5.41) is 0. The molecule has 1 aromatic heterocycles. The van der Waals surface area contributed by atoms with E-state index in [2.05, 4.69) is 9.88 Å². The monoisotopic (exact) mass is 413 g/mol. The minimum Gasteiger partial charge on any atom is -0.382 e. The van der Waals surface area contributed by atoms with E-state index in [1.807, 2.05) is 23.1 Å². The van der Waals surface area contributed by atoms with Crippen LogP contribution >= 0.6 is 0 Å². The second-order valence-corrected chi connectivity index (χ2v) is 7.89. The lowest BCUT2D eigenvalue weighted by atomic mass is 9.86. The average molecular weight is 413 g/mol. The van der Waals surface area contributed by atoms with Crippen LogP contribution in [0, 0.1) is 5.82 Å². The molecule has 2 aliphatic rings. The lowest BCUT2D eigenvalue weighted by molar-refractivity contribution is -0.184. The fourth-order valence-electron chi connectivity index (χ4n) is 4.46. The zero-order valence-electron chi connectivity index (χ0n) is 17.2. The molecule has 2 aromatic rings. The van der Waals surface area contributed by atoms with Crippen molar-refractivity contribution in [2.24, 2.45) is 0 Å². The number of piperidine rings is 1. The molecule has 1 aromatic carbocycles. The molecule has 0 spiro atoms. The van der Waals surface area contributed by atoms with Crippen molar-refractivity contribution < 1.29 is 18.7 Å². The predicted octanol–water partition coefficient (Wildman–Crippen LogP) is 2.80. The summed E-state index contributed by atoms with van der Waals surface area (Å²) in [6.07, 6.45) is 4.84. The predicted molar refractivity (Wildman–Crippen MR) is 110 cm³/mol. The van der Waals surface area contributed by atoms with Crippen LogP contribution in [0.4, 0.5) is 4.39 Å². The van der Waals surface area contributed by atoms with Gasteiger partial charge in [0.15, 0.2) is 6.10 Å². The molecule has 1 amide bonds. The van der Waals surface area contributed by atoms with E-state index >= 15 is 0 Å². The van der Waals surface area contributed by atoms with Crippen LogP contribution in [0.25, 0.3) is 0 Å². The smallest absolute Gasteiger partial charge is 0.255 e. The number of ether oxygens (including phenoxy) is 2. The van der Waals surface area contributed by atoms with Crippen LogP contribution in [0.5, 0.6) is 0 Å². The summed E-state index contributed by atoms with van der Waals surface area (Å²) < 4.78 is 24.4. The maximum Gasteiger partial charge on any atom is 0.255 e. The molecule has 2 atom stereocenters. The molecule has 2 saturated heterocycles. The minimum absolute atomic E-state index is 0.0523. The largest absolute Gasteiger partial charge is 0.382 e. The Hall–Kier alpha value is -2.35. The van der Waals surface area contributed by atoms with Crippen LogP contribution in [0.15, 0.2) is 48.8 Å². The molecule has 0 bridgehead atoms. The lowest BCUT2D eigenvalue weighted by Gasteiger charge is -2.52. The molecule has 0 saturated carbocycles. The Balaban J connectivity index is 1.39. The number of hydrogen-bond donors (Lipinski definition) is 0. The molecule has 2 unspecified atom stereocenters. The number of amides is 1. The van der Waals surface area contributed by atoms with Gasteiger partial charge in [-0.3, -0.25) is 14.7 Å². The van der Waals surface area contributed by atoms with Crippen molar-refractivity contribution in [2.75, 3.05) is 33.4 Å². The van der Waals surface area contributed by atoms with E-state index in [9.17, 15) is 9.18 Å². The Morgan fingerprint density at radius 2 is 1.90 bits per heavy atom. The first-order valence-corrected chi connectivity index (χ1v) is 10.5. The zero-order valence-corrected chi connectivity index (χ0v) is 17.2. The summed E-state index contributed by atoms with van der Waals surface area (Å²) >= 11 is 0. The van der Waals surface area contributed by atoms with Crippen LogP contribution in [0.3, 0.4) is 0 Å². The number of carbonyl (C=O) groups is 1. The first kappa shape index (κ1) is 20.9. The number of likely N-dealkylation sites (tertiary alicyclic amines) is 2. The molecule has 160 valence electrons. The molecule has 6 nitrogen and oxygen atoms in total. The van der Waals surface area contributed by atoms with Gasteiger partial charge in [0, 0.05) is 45.2 Å². The van der Waals surface area contributed by atoms with Gasteiger partial charge in [0.05, 0.1) is 19.3 Å². The van der Waals surface area contributed by atoms with Crippen molar-refractivity contribution in [3.05, 3.63) is 65.7 Å². The van der Waals surface area contributed by atoms with Gasteiger partial charge in [0.1, 0.15) is 5.82 Å². The topological polar surface area (TPSA) is 54.9 Å². The van der Waals surface area contributed by atoms with Gasteiger partial charge in [0.25, 0.3) is 5.91 Å². The van der Waals surface area contributed by atoms with E-state index < -0.39 is 6.10 Å². The third-order valence-electron chi connectivity index (χ3n) is 5.96. The molecule has 0 radical (unpaired) electrons. The molecule has 0 aliphatic carbocycles. The lowest BCUT2D eigenvalue weighted by Crippen LogP contribution is -2.64. The van der Waals surface area contributed by atoms with Gasteiger partial charge in [-0.25, -0.2) is 4.39 Å². The number of nitrogens with zero attached hydrogens (tertiary/aromatic N) is 3. The number of halogens is 1. The van der Waals surface area contributed by atoms with E-state index in [0.717, 1.165) is 43.6 Å². The van der Waals surface area contributed by atoms with Crippen LogP contribution in [0.2, 0.25) is 0 Å². The van der Waals surface area contributed by atoms with Crippen molar-refractivity contribution in [1.29, 1.82) is 0 Å². The summed E-state index contributed by atoms with van der Waals surface area (Å²) in [4.78, 5) is 21.4. The van der Waals surface area contributed by atoms with Crippen molar-refractivity contribution in [1.82, 2.24) is 14.8 Å². The summed E-state index contributed by atoms with van der Waals surface area (Å²) in [7, 11) is 1.62. The molecule has 2 aliphatic heterocycles. The third-order valence-corrected chi connectivity index (χ3v) is 5.96. The first-order chi connectivity index (χ1) is 14.7. The van der Waals surface area contributed by atoms with E-state index in [0.29, 0.717) is 13.2 Å². The third kappa shape index (κ3) is 4.53. The van der Waals surface area contributed by atoms with Gasteiger partial charge >= 0.3 is 0 Å². The van der Waals surface area contributed by atoms with Crippen LogP contribution in [-0.4, -0.2) is 66.2 Å². The number of β-lactam (4-membered cyclic amide) rings is 1. The second-order valence-electron chi connectivity index (χ2n) is 7.89. The Bertz CT molecular complexity index is 843. The van der Waals surface area contributed by atoms with Gasteiger partial charge in [-0.05, 0) is 48.2 Å². The van der Waals surface area contributed by atoms with Gasteiger partial charge in [-0.15, -0.1) is 0 Å². The number of benzene rings is 1. The van der Waals surface area contributed by atoms with E-state index in [1.165, 1.54) is 6.07 Å². The summed E-state index contributed by atoms with van der Waals surface area (Å²) in [5.74, 6) is -0.148. The quantitative estimate of drug-likeness (QED) is 0.492. The average Bonchev–Trinajstić information content (AvgIpc) is 2.76. The van der Waals surface area contributed by atoms with E-state index in [1.54, 1.807) is 31.6 Å². The Kier molecular flexibility index (Phi) is 6.72. The number of pyridine rings is 1. The fraction of sp³-hybridized carbons (Fsp3) is 0.478. The van der Waals surface area contributed by atoms with Crippen LogP contribution < -0.4 is 0 Å². The summed E-state index contributed by atoms with van der Waals surface area (Å²) in [5.41, 5.74) is 2.03. The van der Waals surface area contributed by atoms with Gasteiger partial charge in [0.2, 0.25) is 0 Å². The maximum atomic E-state index is 13.5. The van der Waals surface area contributed by atoms with Gasteiger partial charge in [-0.1, -0.05) is 12.1 Å². The minimum atomic E-state index is -0.465. The molecule has 7 heteroatoms. The summed E-state index contributed by atoms with van der Waals surface area (Å²) in [6.45, 7) is 3.35.